The van der Waals surface area contributed by atoms with Crippen molar-refractivity contribution in [2.75, 3.05) is 33.2 Å². The van der Waals surface area contributed by atoms with Gasteiger partial charge in [0.15, 0.2) is 0 Å². The highest BCUT2D eigenvalue weighted by Gasteiger charge is 2.32. The minimum absolute atomic E-state index is 0.0471. The van der Waals surface area contributed by atoms with Gasteiger partial charge in [0.1, 0.15) is 0 Å². The van der Waals surface area contributed by atoms with Crippen molar-refractivity contribution < 1.29 is 9.59 Å². The molecule has 1 unspecified atom stereocenters. The molecule has 148 valence electrons. The molecule has 1 atom stereocenters. The summed E-state index contributed by atoms with van der Waals surface area (Å²) in [6, 6.07) is 6.81. The zero-order valence-electron chi connectivity index (χ0n) is 16.8. The van der Waals surface area contributed by atoms with Crippen LogP contribution in [0.15, 0.2) is 18.2 Å². The molecule has 0 radical (unpaired) electrons. The number of aryl methyl sites for hydroxylation is 1. The predicted octanol–water partition coefficient (Wildman–Crippen LogP) is 2.36. The molecule has 1 aromatic carbocycles. The van der Waals surface area contributed by atoms with Crippen molar-refractivity contribution in [1.82, 2.24) is 20.4 Å². The second kappa shape index (κ2) is 8.74. The number of nitrogens with zero attached hydrogens (tertiary/aromatic N) is 2. The van der Waals surface area contributed by atoms with E-state index in [1.807, 2.05) is 4.90 Å². The van der Waals surface area contributed by atoms with Crippen LogP contribution in [0.5, 0.6) is 0 Å². The maximum absolute atomic E-state index is 12.9. The molecule has 6 heteroatoms. The van der Waals surface area contributed by atoms with Crippen LogP contribution in [0, 0.1) is 13.8 Å². The molecule has 2 N–H and O–H groups in total. The summed E-state index contributed by atoms with van der Waals surface area (Å²) in [6.07, 6.45) is 3.87. The lowest BCUT2D eigenvalue weighted by atomic mass is 9.96. The summed E-state index contributed by atoms with van der Waals surface area (Å²) in [5.74, 6) is 0.0471. The largest absolute Gasteiger partial charge is 0.358 e. The smallest absolute Gasteiger partial charge is 0.318 e. The Morgan fingerprint density at radius 3 is 2.56 bits per heavy atom. The molecule has 2 heterocycles. The number of amides is 3. The number of carbonyl (C=O) groups is 2. The first-order chi connectivity index (χ1) is 13.0. The number of hydrogen-bond donors (Lipinski definition) is 2. The third-order valence-corrected chi connectivity index (χ3v) is 6.08. The third kappa shape index (κ3) is 4.61. The molecule has 2 aliphatic heterocycles. The van der Waals surface area contributed by atoms with Gasteiger partial charge in [-0.3, -0.25) is 9.69 Å². The molecular weight excluding hydrogens is 340 g/mol. The molecule has 2 saturated heterocycles. The molecule has 3 amide bonds. The van der Waals surface area contributed by atoms with E-state index >= 15 is 0 Å². The van der Waals surface area contributed by atoms with Crippen LogP contribution in [0.1, 0.15) is 48.4 Å². The molecule has 0 bridgehead atoms. The second-order valence-corrected chi connectivity index (χ2v) is 7.81. The predicted molar refractivity (Wildman–Crippen MR) is 107 cm³/mol. The van der Waals surface area contributed by atoms with E-state index in [1.165, 1.54) is 16.7 Å². The number of benzene rings is 1. The summed E-state index contributed by atoms with van der Waals surface area (Å²) in [5, 5.41) is 5.91. The fourth-order valence-electron chi connectivity index (χ4n) is 4.24. The molecule has 2 fully saturated rings. The van der Waals surface area contributed by atoms with Crippen LogP contribution in [0.4, 0.5) is 4.79 Å². The first kappa shape index (κ1) is 19.7. The molecule has 0 saturated carbocycles. The van der Waals surface area contributed by atoms with Gasteiger partial charge in [-0.15, -0.1) is 0 Å². The Morgan fingerprint density at radius 2 is 1.85 bits per heavy atom. The summed E-state index contributed by atoms with van der Waals surface area (Å²) in [6.45, 7) is 7.24. The van der Waals surface area contributed by atoms with E-state index in [4.69, 9.17) is 0 Å². The first-order valence-corrected chi connectivity index (χ1v) is 10.1. The SMILES string of the molecule is CNC(=O)CN1CCC(NC(=O)N2CCCC2c2cccc(C)c2C)CC1. The van der Waals surface area contributed by atoms with Crippen LogP contribution in [0.25, 0.3) is 0 Å². The summed E-state index contributed by atoms with van der Waals surface area (Å²) in [5.41, 5.74) is 3.86. The van der Waals surface area contributed by atoms with E-state index in [2.05, 4.69) is 47.6 Å². The van der Waals surface area contributed by atoms with E-state index in [9.17, 15) is 9.59 Å². The Morgan fingerprint density at radius 1 is 1.11 bits per heavy atom. The third-order valence-electron chi connectivity index (χ3n) is 6.08. The Bertz CT molecular complexity index is 683. The number of hydrogen-bond acceptors (Lipinski definition) is 3. The summed E-state index contributed by atoms with van der Waals surface area (Å²) in [7, 11) is 1.66. The lowest BCUT2D eigenvalue weighted by Gasteiger charge is -2.34. The summed E-state index contributed by atoms with van der Waals surface area (Å²) in [4.78, 5) is 28.6. The van der Waals surface area contributed by atoms with Crippen LogP contribution in [0.2, 0.25) is 0 Å². The normalized spacial score (nSPS) is 21.3. The standard InChI is InChI=1S/C21H32N4O2/c1-15-6-4-7-18(16(15)2)19-8-5-11-25(19)21(27)23-17-9-12-24(13-10-17)14-20(26)22-3/h4,6-7,17,19H,5,8-14H2,1-3H3,(H,22,26)(H,23,27). The fraction of sp³-hybridized carbons (Fsp3) is 0.619. The molecular formula is C21H32N4O2. The number of nitrogens with one attached hydrogen (secondary N) is 2. The number of rotatable bonds is 4. The van der Waals surface area contributed by atoms with Gasteiger partial charge in [-0.25, -0.2) is 4.79 Å². The Hall–Kier alpha value is -2.08. The average molecular weight is 373 g/mol. The Labute approximate surface area is 162 Å². The first-order valence-electron chi connectivity index (χ1n) is 10.1. The Kier molecular flexibility index (Phi) is 6.37. The van der Waals surface area contributed by atoms with Crippen molar-refractivity contribution in [2.24, 2.45) is 0 Å². The second-order valence-electron chi connectivity index (χ2n) is 7.81. The van der Waals surface area contributed by atoms with E-state index in [-0.39, 0.29) is 24.0 Å². The molecule has 3 rings (SSSR count). The molecule has 0 aliphatic carbocycles. The molecule has 27 heavy (non-hydrogen) atoms. The van der Waals surface area contributed by atoms with Gasteiger partial charge in [0.05, 0.1) is 12.6 Å². The highest BCUT2D eigenvalue weighted by atomic mass is 16.2. The Balaban J connectivity index is 1.56. The zero-order chi connectivity index (χ0) is 19.4. The van der Waals surface area contributed by atoms with Gasteiger partial charge in [-0.05, 0) is 56.2 Å². The van der Waals surface area contributed by atoms with Crippen LogP contribution >= 0.6 is 0 Å². The van der Waals surface area contributed by atoms with Crippen molar-refractivity contribution in [3.63, 3.8) is 0 Å². The summed E-state index contributed by atoms with van der Waals surface area (Å²) >= 11 is 0. The van der Waals surface area contributed by atoms with Crippen molar-refractivity contribution in [3.05, 3.63) is 34.9 Å². The van der Waals surface area contributed by atoms with Crippen molar-refractivity contribution >= 4 is 11.9 Å². The minimum atomic E-state index is 0.0471. The van der Waals surface area contributed by atoms with E-state index in [0.717, 1.165) is 45.3 Å². The average Bonchev–Trinajstić information content (AvgIpc) is 3.15. The number of piperidine rings is 1. The maximum atomic E-state index is 12.9. The number of likely N-dealkylation sites (N-methyl/N-ethyl adjacent to an activating group) is 1. The number of carbonyl (C=O) groups excluding carboxylic acids is 2. The van der Waals surface area contributed by atoms with Crippen LogP contribution in [-0.2, 0) is 4.79 Å². The fourth-order valence-corrected chi connectivity index (χ4v) is 4.24. The van der Waals surface area contributed by atoms with E-state index in [0.29, 0.717) is 6.54 Å². The highest BCUT2D eigenvalue weighted by molar-refractivity contribution is 5.77. The monoisotopic (exact) mass is 372 g/mol. The summed E-state index contributed by atoms with van der Waals surface area (Å²) < 4.78 is 0. The van der Waals surface area contributed by atoms with Crippen molar-refractivity contribution in [1.29, 1.82) is 0 Å². The van der Waals surface area contributed by atoms with Gasteiger partial charge < -0.3 is 15.5 Å². The van der Waals surface area contributed by atoms with E-state index in [1.54, 1.807) is 7.05 Å². The van der Waals surface area contributed by atoms with Gasteiger partial charge in [-0.1, -0.05) is 18.2 Å². The van der Waals surface area contributed by atoms with Crippen LogP contribution in [-0.4, -0.2) is 61.0 Å². The zero-order valence-corrected chi connectivity index (χ0v) is 16.8. The minimum Gasteiger partial charge on any atom is -0.358 e. The highest BCUT2D eigenvalue weighted by Crippen LogP contribution is 2.34. The molecule has 0 aromatic heterocycles. The quantitative estimate of drug-likeness (QED) is 0.853. The molecule has 2 aliphatic rings. The van der Waals surface area contributed by atoms with Gasteiger partial charge in [0.25, 0.3) is 0 Å². The van der Waals surface area contributed by atoms with Crippen LogP contribution < -0.4 is 10.6 Å². The molecule has 1 aromatic rings. The van der Waals surface area contributed by atoms with Gasteiger partial charge in [0, 0.05) is 32.7 Å². The van der Waals surface area contributed by atoms with Gasteiger partial charge in [-0.2, -0.15) is 0 Å². The van der Waals surface area contributed by atoms with Crippen LogP contribution in [0.3, 0.4) is 0 Å². The van der Waals surface area contributed by atoms with Crippen molar-refractivity contribution in [3.8, 4) is 0 Å². The van der Waals surface area contributed by atoms with Crippen molar-refractivity contribution in [2.45, 2.75) is 51.6 Å². The maximum Gasteiger partial charge on any atom is 0.318 e. The van der Waals surface area contributed by atoms with Gasteiger partial charge in [0.2, 0.25) is 5.91 Å². The number of urea groups is 1. The molecule has 6 nitrogen and oxygen atoms in total. The topological polar surface area (TPSA) is 64.7 Å². The lowest BCUT2D eigenvalue weighted by molar-refractivity contribution is -0.122. The molecule has 0 spiro atoms. The number of likely N-dealkylation sites (tertiary alicyclic amines) is 2. The van der Waals surface area contributed by atoms with Gasteiger partial charge >= 0.3 is 6.03 Å². The lowest BCUT2D eigenvalue weighted by Crippen LogP contribution is -2.50. The van der Waals surface area contributed by atoms with E-state index < -0.39 is 0 Å².